The van der Waals surface area contributed by atoms with Crippen LogP contribution in [0.4, 0.5) is 10.9 Å². The van der Waals surface area contributed by atoms with E-state index in [1.54, 1.807) is 4.90 Å². The fourth-order valence-electron chi connectivity index (χ4n) is 2.45. The summed E-state index contributed by atoms with van der Waals surface area (Å²) in [6.45, 7) is 3.31. The minimum atomic E-state index is -0.0973. The largest absolute Gasteiger partial charge is 0.395 e. The lowest BCUT2D eigenvalue weighted by Gasteiger charge is -2.37. The van der Waals surface area contributed by atoms with Gasteiger partial charge in [0.15, 0.2) is 5.13 Å². The molecule has 0 radical (unpaired) electrons. The molecule has 0 atom stereocenters. The first-order valence-corrected chi connectivity index (χ1v) is 8.29. The van der Waals surface area contributed by atoms with Gasteiger partial charge in [-0.2, -0.15) is 0 Å². The summed E-state index contributed by atoms with van der Waals surface area (Å²) < 4.78 is 0. The third-order valence-corrected chi connectivity index (χ3v) is 5.01. The highest BCUT2D eigenvalue weighted by Gasteiger charge is 2.31. The number of anilines is 2. The minimum absolute atomic E-state index is 0.0243. The second kappa shape index (κ2) is 7.09. The first-order chi connectivity index (χ1) is 10.1. The summed E-state index contributed by atoms with van der Waals surface area (Å²) in [7, 11) is 1.95. The van der Waals surface area contributed by atoms with Crippen molar-refractivity contribution in [1.82, 2.24) is 9.88 Å². The summed E-state index contributed by atoms with van der Waals surface area (Å²) in [5.41, 5.74) is 5.93. The van der Waals surface area contributed by atoms with Crippen molar-refractivity contribution in [1.29, 1.82) is 0 Å². The molecule has 1 fully saturated rings. The van der Waals surface area contributed by atoms with E-state index in [9.17, 15) is 9.90 Å². The van der Waals surface area contributed by atoms with Gasteiger partial charge in [-0.15, -0.1) is 0 Å². The van der Waals surface area contributed by atoms with Crippen LogP contribution in [0.25, 0.3) is 0 Å². The van der Waals surface area contributed by atoms with Gasteiger partial charge in [0.05, 0.1) is 6.61 Å². The number of thiazole rings is 1. The maximum Gasteiger partial charge on any atom is 0.268 e. The summed E-state index contributed by atoms with van der Waals surface area (Å²) in [5.74, 6) is 0.199. The van der Waals surface area contributed by atoms with Crippen molar-refractivity contribution in [3.63, 3.8) is 0 Å². The quantitative estimate of drug-likeness (QED) is 0.798. The smallest absolute Gasteiger partial charge is 0.268 e. The summed E-state index contributed by atoms with van der Waals surface area (Å²) in [4.78, 5) is 21.2. The first-order valence-electron chi connectivity index (χ1n) is 7.47. The SMILES string of the molecule is CCCN(C)c1nc(N)c(C(=O)N(CCO)C2CCC2)s1. The van der Waals surface area contributed by atoms with Crippen LogP contribution >= 0.6 is 11.3 Å². The lowest BCUT2D eigenvalue weighted by Crippen LogP contribution is -2.45. The Hall–Kier alpha value is -1.34. The van der Waals surface area contributed by atoms with Gasteiger partial charge in [-0.1, -0.05) is 18.3 Å². The third-order valence-electron chi connectivity index (χ3n) is 3.84. The van der Waals surface area contributed by atoms with E-state index in [-0.39, 0.29) is 18.6 Å². The number of amides is 1. The Bertz CT molecular complexity index is 487. The number of aliphatic hydroxyl groups excluding tert-OH is 1. The summed E-state index contributed by atoms with van der Waals surface area (Å²) in [6, 6.07) is 0.239. The number of nitrogens with zero attached hydrogens (tertiary/aromatic N) is 3. The standard InChI is InChI=1S/C14H24N4O2S/c1-3-7-17(2)14-16-12(15)11(21-14)13(20)18(8-9-19)10-5-4-6-10/h10,19H,3-9,15H2,1-2H3. The van der Waals surface area contributed by atoms with Gasteiger partial charge < -0.3 is 20.6 Å². The van der Waals surface area contributed by atoms with Crippen LogP contribution < -0.4 is 10.6 Å². The van der Waals surface area contributed by atoms with Gasteiger partial charge in [-0.05, 0) is 25.7 Å². The van der Waals surface area contributed by atoms with Gasteiger partial charge in [0.2, 0.25) is 0 Å². The predicted molar refractivity (Wildman–Crippen MR) is 85.8 cm³/mol. The van der Waals surface area contributed by atoms with Crippen LogP contribution in [0.5, 0.6) is 0 Å². The zero-order valence-electron chi connectivity index (χ0n) is 12.7. The molecule has 1 aliphatic carbocycles. The molecular formula is C14H24N4O2S. The highest BCUT2D eigenvalue weighted by atomic mass is 32.1. The Kier molecular flexibility index (Phi) is 5.41. The molecule has 6 nitrogen and oxygen atoms in total. The van der Waals surface area contributed by atoms with E-state index in [1.807, 2.05) is 11.9 Å². The monoisotopic (exact) mass is 312 g/mol. The molecule has 3 N–H and O–H groups in total. The highest BCUT2D eigenvalue weighted by molar-refractivity contribution is 7.18. The molecule has 1 amide bonds. The van der Waals surface area contributed by atoms with E-state index in [4.69, 9.17) is 5.73 Å². The Balaban J connectivity index is 2.17. The van der Waals surface area contributed by atoms with Crippen molar-refractivity contribution >= 4 is 28.2 Å². The number of aliphatic hydroxyl groups is 1. The number of hydrogen-bond donors (Lipinski definition) is 2. The molecule has 2 rings (SSSR count). The second-order valence-corrected chi connectivity index (χ2v) is 6.42. The van der Waals surface area contributed by atoms with Crippen LogP contribution in [-0.4, -0.2) is 53.7 Å². The summed E-state index contributed by atoms with van der Waals surface area (Å²) in [5, 5.41) is 9.96. The molecule has 118 valence electrons. The van der Waals surface area contributed by atoms with Crippen LogP contribution in [0.2, 0.25) is 0 Å². The van der Waals surface area contributed by atoms with E-state index in [1.165, 1.54) is 11.3 Å². The van der Waals surface area contributed by atoms with E-state index in [0.717, 1.165) is 37.4 Å². The van der Waals surface area contributed by atoms with Gasteiger partial charge >= 0.3 is 0 Å². The average Bonchev–Trinajstić information content (AvgIpc) is 2.78. The van der Waals surface area contributed by atoms with Gasteiger partial charge in [0.25, 0.3) is 5.91 Å². The molecule has 1 aromatic heterocycles. The Morgan fingerprint density at radius 2 is 2.19 bits per heavy atom. The highest BCUT2D eigenvalue weighted by Crippen LogP contribution is 2.32. The lowest BCUT2D eigenvalue weighted by atomic mass is 9.91. The predicted octanol–water partition coefficient (Wildman–Crippen LogP) is 1.56. The number of carbonyl (C=O) groups excluding carboxylic acids is 1. The van der Waals surface area contributed by atoms with Gasteiger partial charge in [-0.3, -0.25) is 4.79 Å². The zero-order chi connectivity index (χ0) is 15.4. The zero-order valence-corrected chi connectivity index (χ0v) is 13.5. The van der Waals surface area contributed by atoms with Crippen LogP contribution in [0, 0.1) is 0 Å². The molecule has 0 bridgehead atoms. The van der Waals surface area contributed by atoms with Gasteiger partial charge in [0, 0.05) is 26.2 Å². The normalized spacial score (nSPS) is 14.8. The van der Waals surface area contributed by atoms with Crippen molar-refractivity contribution < 1.29 is 9.90 Å². The van der Waals surface area contributed by atoms with Gasteiger partial charge in [0.1, 0.15) is 10.7 Å². The Morgan fingerprint density at radius 1 is 1.48 bits per heavy atom. The van der Waals surface area contributed by atoms with Crippen molar-refractivity contribution in [3.8, 4) is 0 Å². The van der Waals surface area contributed by atoms with E-state index in [2.05, 4.69) is 11.9 Å². The van der Waals surface area contributed by atoms with Crippen LogP contribution in [0.1, 0.15) is 42.3 Å². The molecule has 1 saturated carbocycles. The molecule has 0 unspecified atom stereocenters. The van der Waals surface area contributed by atoms with E-state index >= 15 is 0 Å². The Morgan fingerprint density at radius 3 is 2.71 bits per heavy atom. The fourth-order valence-corrected chi connectivity index (χ4v) is 3.38. The number of nitrogen functional groups attached to an aromatic ring is 1. The van der Waals surface area contributed by atoms with E-state index in [0.29, 0.717) is 17.2 Å². The van der Waals surface area contributed by atoms with Gasteiger partial charge in [-0.25, -0.2) is 4.98 Å². The lowest BCUT2D eigenvalue weighted by molar-refractivity contribution is 0.0531. The van der Waals surface area contributed by atoms with E-state index < -0.39 is 0 Å². The molecule has 7 heteroatoms. The molecule has 1 aromatic rings. The Labute approximate surface area is 129 Å². The fraction of sp³-hybridized carbons (Fsp3) is 0.714. The topological polar surface area (TPSA) is 82.7 Å². The van der Waals surface area contributed by atoms with Crippen molar-refractivity contribution in [2.75, 3.05) is 37.4 Å². The minimum Gasteiger partial charge on any atom is -0.395 e. The maximum absolute atomic E-state index is 12.7. The maximum atomic E-state index is 12.7. The molecule has 21 heavy (non-hydrogen) atoms. The third kappa shape index (κ3) is 3.47. The van der Waals surface area contributed by atoms with Crippen LogP contribution in [0.15, 0.2) is 0 Å². The molecular weight excluding hydrogens is 288 g/mol. The van der Waals surface area contributed by atoms with Crippen LogP contribution in [-0.2, 0) is 0 Å². The molecule has 0 spiro atoms. The summed E-state index contributed by atoms with van der Waals surface area (Å²) in [6.07, 6.45) is 4.17. The number of aromatic nitrogens is 1. The first kappa shape index (κ1) is 16.0. The van der Waals surface area contributed by atoms with Crippen molar-refractivity contribution in [2.24, 2.45) is 0 Å². The molecule has 0 saturated heterocycles. The number of nitrogens with two attached hydrogens (primary N) is 1. The number of hydrogen-bond acceptors (Lipinski definition) is 6. The molecule has 1 aliphatic rings. The molecule has 1 heterocycles. The molecule has 0 aromatic carbocycles. The van der Waals surface area contributed by atoms with Crippen molar-refractivity contribution in [2.45, 2.75) is 38.6 Å². The summed E-state index contributed by atoms with van der Waals surface area (Å²) >= 11 is 1.34. The number of carbonyl (C=O) groups is 1. The second-order valence-electron chi connectivity index (χ2n) is 5.44. The number of rotatable bonds is 7. The molecule has 0 aliphatic heterocycles. The van der Waals surface area contributed by atoms with Crippen LogP contribution in [0.3, 0.4) is 0 Å². The van der Waals surface area contributed by atoms with Crippen molar-refractivity contribution in [3.05, 3.63) is 4.88 Å². The average molecular weight is 312 g/mol.